The van der Waals surface area contributed by atoms with Gasteiger partial charge in [-0.05, 0) is 37.1 Å². The predicted octanol–water partition coefficient (Wildman–Crippen LogP) is 3.31. The largest absolute Gasteiger partial charge is 0.399 e. The molecule has 1 aromatic carbocycles. The Balaban J connectivity index is 2.70. The van der Waals surface area contributed by atoms with Crippen molar-refractivity contribution >= 4 is 11.6 Å². The van der Waals surface area contributed by atoms with E-state index in [0.717, 1.165) is 44.3 Å². The fourth-order valence-corrected chi connectivity index (χ4v) is 1.82. The zero-order chi connectivity index (χ0) is 13.4. The summed E-state index contributed by atoms with van der Waals surface area (Å²) in [4.78, 5) is 14.3. The van der Waals surface area contributed by atoms with Crippen LogP contribution in [0, 0.1) is 0 Å². The molecule has 0 aliphatic rings. The van der Waals surface area contributed by atoms with Crippen LogP contribution < -0.4 is 5.73 Å². The second kappa shape index (κ2) is 7.75. The van der Waals surface area contributed by atoms with Gasteiger partial charge in [-0.25, -0.2) is 0 Å². The maximum Gasteiger partial charge on any atom is 0.253 e. The molecule has 18 heavy (non-hydrogen) atoms. The van der Waals surface area contributed by atoms with Crippen LogP contribution in [0.15, 0.2) is 24.3 Å². The van der Waals surface area contributed by atoms with E-state index in [9.17, 15) is 4.79 Å². The smallest absolute Gasteiger partial charge is 0.253 e. The van der Waals surface area contributed by atoms with Crippen molar-refractivity contribution in [2.75, 3.05) is 18.8 Å². The highest BCUT2D eigenvalue weighted by Crippen LogP contribution is 2.10. The SMILES string of the molecule is CCCCN(CCCC)C(=O)c1ccc(N)cc1. The van der Waals surface area contributed by atoms with Crippen molar-refractivity contribution in [1.29, 1.82) is 0 Å². The lowest BCUT2D eigenvalue weighted by atomic mass is 10.1. The van der Waals surface area contributed by atoms with Gasteiger partial charge in [-0.1, -0.05) is 26.7 Å². The minimum absolute atomic E-state index is 0.122. The number of nitrogen functional groups attached to an aromatic ring is 1. The number of nitrogens with zero attached hydrogens (tertiary/aromatic N) is 1. The molecule has 3 nitrogen and oxygen atoms in total. The van der Waals surface area contributed by atoms with Crippen molar-refractivity contribution in [3.05, 3.63) is 29.8 Å². The molecule has 0 aliphatic heterocycles. The van der Waals surface area contributed by atoms with E-state index in [1.807, 2.05) is 17.0 Å². The predicted molar refractivity (Wildman–Crippen MR) is 76.6 cm³/mol. The minimum Gasteiger partial charge on any atom is -0.399 e. The van der Waals surface area contributed by atoms with Crippen LogP contribution in [0.3, 0.4) is 0 Å². The Kier molecular flexibility index (Phi) is 6.26. The summed E-state index contributed by atoms with van der Waals surface area (Å²) in [5.74, 6) is 0.122. The third kappa shape index (κ3) is 4.40. The van der Waals surface area contributed by atoms with Gasteiger partial charge in [-0.15, -0.1) is 0 Å². The summed E-state index contributed by atoms with van der Waals surface area (Å²) in [5.41, 5.74) is 7.07. The fraction of sp³-hybridized carbons (Fsp3) is 0.533. The lowest BCUT2D eigenvalue weighted by Gasteiger charge is -2.22. The molecule has 1 amide bonds. The average Bonchev–Trinajstić information content (AvgIpc) is 2.39. The van der Waals surface area contributed by atoms with Gasteiger partial charge in [0.25, 0.3) is 5.91 Å². The first-order valence-electron chi connectivity index (χ1n) is 6.83. The number of hydrogen-bond donors (Lipinski definition) is 1. The summed E-state index contributed by atoms with van der Waals surface area (Å²) in [7, 11) is 0. The third-order valence-corrected chi connectivity index (χ3v) is 3.01. The molecule has 1 rings (SSSR count). The van der Waals surface area contributed by atoms with Gasteiger partial charge in [-0.3, -0.25) is 4.79 Å². The molecule has 1 aromatic rings. The molecule has 0 aliphatic carbocycles. The molecule has 0 spiro atoms. The van der Waals surface area contributed by atoms with Crippen LogP contribution in [0.2, 0.25) is 0 Å². The first-order chi connectivity index (χ1) is 8.69. The van der Waals surface area contributed by atoms with Crippen molar-refractivity contribution in [1.82, 2.24) is 4.90 Å². The lowest BCUT2D eigenvalue weighted by molar-refractivity contribution is 0.0751. The van der Waals surface area contributed by atoms with Gasteiger partial charge in [0, 0.05) is 24.3 Å². The molecule has 100 valence electrons. The number of anilines is 1. The quantitative estimate of drug-likeness (QED) is 0.752. The second-order valence-electron chi connectivity index (χ2n) is 4.62. The average molecular weight is 248 g/mol. The molecule has 0 heterocycles. The summed E-state index contributed by atoms with van der Waals surface area (Å²) in [5, 5.41) is 0. The second-order valence-corrected chi connectivity index (χ2v) is 4.62. The Morgan fingerprint density at radius 3 is 2.00 bits per heavy atom. The highest BCUT2D eigenvalue weighted by atomic mass is 16.2. The minimum atomic E-state index is 0.122. The molecule has 0 bridgehead atoms. The molecule has 0 saturated carbocycles. The standard InChI is InChI=1S/C15H24N2O/c1-3-5-11-17(12-6-4-2)15(18)13-7-9-14(16)10-8-13/h7-10H,3-6,11-12,16H2,1-2H3. The van der Waals surface area contributed by atoms with Crippen molar-refractivity contribution in [3.8, 4) is 0 Å². The number of benzene rings is 1. The van der Waals surface area contributed by atoms with Crippen molar-refractivity contribution in [2.45, 2.75) is 39.5 Å². The topological polar surface area (TPSA) is 46.3 Å². The summed E-state index contributed by atoms with van der Waals surface area (Å²) < 4.78 is 0. The van der Waals surface area contributed by atoms with Gasteiger partial charge >= 0.3 is 0 Å². The number of nitrogens with two attached hydrogens (primary N) is 1. The highest BCUT2D eigenvalue weighted by molar-refractivity contribution is 5.94. The molecule has 0 atom stereocenters. The van der Waals surface area contributed by atoms with Crippen LogP contribution >= 0.6 is 0 Å². The number of rotatable bonds is 7. The Hall–Kier alpha value is -1.51. The van der Waals surface area contributed by atoms with Gasteiger partial charge in [0.2, 0.25) is 0 Å². The molecule has 0 unspecified atom stereocenters. The van der Waals surface area contributed by atoms with Crippen molar-refractivity contribution in [3.63, 3.8) is 0 Å². The normalized spacial score (nSPS) is 10.3. The fourth-order valence-electron chi connectivity index (χ4n) is 1.82. The molecule has 0 fully saturated rings. The zero-order valence-corrected chi connectivity index (χ0v) is 11.5. The van der Waals surface area contributed by atoms with Crippen LogP contribution in [-0.4, -0.2) is 23.9 Å². The Morgan fingerprint density at radius 1 is 1.06 bits per heavy atom. The number of amides is 1. The Labute approximate surface area is 110 Å². The Morgan fingerprint density at radius 2 is 1.56 bits per heavy atom. The van der Waals surface area contributed by atoms with Gasteiger partial charge in [0.15, 0.2) is 0 Å². The van der Waals surface area contributed by atoms with Crippen LogP contribution in [0.1, 0.15) is 49.9 Å². The van der Waals surface area contributed by atoms with Gasteiger partial charge in [-0.2, -0.15) is 0 Å². The molecular weight excluding hydrogens is 224 g/mol. The zero-order valence-electron chi connectivity index (χ0n) is 11.5. The van der Waals surface area contributed by atoms with Gasteiger partial charge in [0.05, 0.1) is 0 Å². The van der Waals surface area contributed by atoms with Gasteiger partial charge in [0.1, 0.15) is 0 Å². The summed E-state index contributed by atoms with van der Waals surface area (Å²) >= 11 is 0. The first-order valence-corrected chi connectivity index (χ1v) is 6.83. The van der Waals surface area contributed by atoms with Crippen LogP contribution in [0.4, 0.5) is 5.69 Å². The lowest BCUT2D eigenvalue weighted by Crippen LogP contribution is -2.32. The molecular formula is C15H24N2O. The van der Waals surface area contributed by atoms with Crippen molar-refractivity contribution in [2.24, 2.45) is 0 Å². The summed E-state index contributed by atoms with van der Waals surface area (Å²) in [6.07, 6.45) is 4.34. The number of hydrogen-bond acceptors (Lipinski definition) is 2. The summed E-state index contributed by atoms with van der Waals surface area (Å²) in [6, 6.07) is 7.18. The van der Waals surface area contributed by atoms with E-state index >= 15 is 0 Å². The summed E-state index contributed by atoms with van der Waals surface area (Å²) in [6.45, 7) is 5.98. The van der Waals surface area contributed by atoms with E-state index in [1.165, 1.54) is 0 Å². The van der Waals surface area contributed by atoms with Crippen molar-refractivity contribution < 1.29 is 4.79 Å². The number of carbonyl (C=O) groups is 1. The van der Waals surface area contributed by atoms with E-state index in [-0.39, 0.29) is 5.91 Å². The van der Waals surface area contributed by atoms with Gasteiger partial charge < -0.3 is 10.6 Å². The number of unbranched alkanes of at least 4 members (excludes halogenated alkanes) is 2. The van der Waals surface area contributed by atoms with E-state index < -0.39 is 0 Å². The van der Waals surface area contributed by atoms with E-state index in [4.69, 9.17) is 5.73 Å². The third-order valence-electron chi connectivity index (χ3n) is 3.01. The maximum atomic E-state index is 12.4. The van der Waals surface area contributed by atoms with E-state index in [1.54, 1.807) is 12.1 Å². The monoisotopic (exact) mass is 248 g/mol. The Bertz CT molecular complexity index is 351. The highest BCUT2D eigenvalue weighted by Gasteiger charge is 2.14. The maximum absolute atomic E-state index is 12.4. The van der Waals surface area contributed by atoms with Crippen LogP contribution in [0.25, 0.3) is 0 Å². The number of carbonyl (C=O) groups excluding carboxylic acids is 1. The van der Waals surface area contributed by atoms with Crippen LogP contribution in [-0.2, 0) is 0 Å². The van der Waals surface area contributed by atoms with E-state index in [0.29, 0.717) is 5.69 Å². The van der Waals surface area contributed by atoms with E-state index in [2.05, 4.69) is 13.8 Å². The molecule has 0 radical (unpaired) electrons. The molecule has 0 saturated heterocycles. The van der Waals surface area contributed by atoms with Crippen LogP contribution in [0.5, 0.6) is 0 Å². The first kappa shape index (κ1) is 14.6. The molecule has 0 aromatic heterocycles. The molecule has 3 heteroatoms. The molecule has 2 N–H and O–H groups in total.